The van der Waals surface area contributed by atoms with Crippen molar-refractivity contribution in [3.8, 4) is 57.7 Å². The Morgan fingerprint density at radius 2 is 1.14 bits per heavy atom. The SMILES string of the molecule is CN1CC[C@@](O)(C#Cc2cc3c(cc2F)OC[C@@H](O)c2sc(C(N)=O)nc2-3)C1=O.CN1CC[C@@](O)(C#Cc2cc3c(cc2F)OC[C@H](O)c2sc(C(N)=O)nc2-3)C1=O. The summed E-state index contributed by atoms with van der Waals surface area (Å²) in [5.41, 5.74) is 7.83. The molecule has 0 unspecified atom stereocenters. The van der Waals surface area contributed by atoms with E-state index >= 15 is 0 Å². The highest BCUT2D eigenvalue weighted by molar-refractivity contribution is 7.14. The van der Waals surface area contributed by atoms with Crippen LogP contribution in [0.5, 0.6) is 11.5 Å². The summed E-state index contributed by atoms with van der Waals surface area (Å²) in [4.78, 5) is 58.9. The summed E-state index contributed by atoms with van der Waals surface area (Å²) in [5.74, 6) is 6.24. The van der Waals surface area contributed by atoms with Gasteiger partial charge in [0, 0.05) is 63.3 Å². The number of hydrogen-bond donors (Lipinski definition) is 6. The number of carbonyl (C=O) groups is 4. The van der Waals surface area contributed by atoms with Crippen LogP contribution in [0.15, 0.2) is 24.3 Å². The average Bonchev–Trinajstić information content (AvgIpc) is 3.92. The van der Waals surface area contributed by atoms with Gasteiger partial charge in [0.15, 0.2) is 10.0 Å². The molecule has 300 valence electrons. The van der Waals surface area contributed by atoms with Crippen LogP contribution < -0.4 is 20.9 Å². The molecule has 0 saturated carbocycles. The Bertz CT molecular complexity index is 2380. The molecule has 0 bridgehead atoms. The van der Waals surface area contributed by atoms with E-state index in [2.05, 4.69) is 33.6 Å². The van der Waals surface area contributed by atoms with Gasteiger partial charge < -0.3 is 51.2 Å². The monoisotopic (exact) mass is 834 g/mol. The van der Waals surface area contributed by atoms with Crippen molar-refractivity contribution in [2.45, 2.75) is 36.3 Å². The van der Waals surface area contributed by atoms with E-state index in [1.807, 2.05) is 0 Å². The summed E-state index contributed by atoms with van der Waals surface area (Å²) >= 11 is 1.87. The maximum atomic E-state index is 14.6. The van der Waals surface area contributed by atoms with Crippen LogP contribution >= 0.6 is 22.7 Å². The van der Waals surface area contributed by atoms with E-state index in [4.69, 9.17) is 20.9 Å². The van der Waals surface area contributed by atoms with Gasteiger partial charge in [0.1, 0.15) is 48.6 Å². The maximum absolute atomic E-state index is 14.6. The second kappa shape index (κ2) is 15.1. The molecule has 16 nitrogen and oxygen atoms in total. The van der Waals surface area contributed by atoms with Crippen molar-refractivity contribution in [2.24, 2.45) is 11.5 Å². The third-order valence-corrected chi connectivity index (χ3v) is 11.9. The Labute approximate surface area is 335 Å². The third kappa shape index (κ3) is 7.33. The molecule has 4 aliphatic heterocycles. The summed E-state index contributed by atoms with van der Waals surface area (Å²) in [6, 6.07) is 4.89. The van der Waals surface area contributed by atoms with Gasteiger partial charge in [0.25, 0.3) is 23.6 Å². The van der Waals surface area contributed by atoms with Crippen LogP contribution in [-0.4, -0.2) is 115 Å². The first-order valence-electron chi connectivity index (χ1n) is 17.3. The van der Waals surface area contributed by atoms with Crippen LogP contribution in [0.4, 0.5) is 8.78 Å². The highest BCUT2D eigenvalue weighted by Gasteiger charge is 2.43. The zero-order valence-corrected chi connectivity index (χ0v) is 32.1. The Kier molecular flexibility index (Phi) is 10.4. The summed E-state index contributed by atoms with van der Waals surface area (Å²) in [7, 11) is 3.10. The molecule has 2 saturated heterocycles. The van der Waals surface area contributed by atoms with Crippen molar-refractivity contribution in [1.29, 1.82) is 0 Å². The number of aliphatic hydroxyl groups is 4. The average molecular weight is 835 g/mol. The van der Waals surface area contributed by atoms with E-state index in [0.29, 0.717) is 34.0 Å². The molecular weight excluding hydrogens is 803 g/mol. The zero-order valence-electron chi connectivity index (χ0n) is 30.5. The molecule has 8 rings (SSSR count). The van der Waals surface area contributed by atoms with Gasteiger partial charge in [-0.25, -0.2) is 18.7 Å². The Balaban J connectivity index is 0.000000177. The minimum Gasteiger partial charge on any atom is -0.490 e. The predicted molar refractivity (Wildman–Crippen MR) is 201 cm³/mol. The van der Waals surface area contributed by atoms with E-state index in [9.17, 15) is 48.4 Å². The topological polar surface area (TPSA) is 252 Å². The first-order valence-corrected chi connectivity index (χ1v) is 18.9. The Morgan fingerprint density at radius 1 is 0.759 bits per heavy atom. The predicted octanol–water partition coefficient (Wildman–Crippen LogP) is 0.837. The van der Waals surface area contributed by atoms with Gasteiger partial charge in [-0.15, -0.1) is 22.7 Å². The number of hydrogen-bond acceptors (Lipinski definition) is 14. The Morgan fingerprint density at radius 3 is 1.47 bits per heavy atom. The molecule has 8 N–H and O–H groups in total. The number of likely N-dealkylation sites (tertiary alicyclic amines) is 2. The van der Waals surface area contributed by atoms with Crippen LogP contribution in [0.2, 0.25) is 0 Å². The number of benzene rings is 2. The molecule has 20 heteroatoms. The summed E-state index contributed by atoms with van der Waals surface area (Å²) in [6.07, 6.45) is -1.88. The van der Waals surface area contributed by atoms with Crippen molar-refractivity contribution in [3.63, 3.8) is 0 Å². The highest BCUT2D eigenvalue weighted by atomic mass is 32.1. The van der Waals surface area contributed by atoms with Gasteiger partial charge in [-0.3, -0.25) is 19.2 Å². The number of fused-ring (bicyclic) bond motifs is 6. The van der Waals surface area contributed by atoms with Crippen molar-refractivity contribution in [2.75, 3.05) is 40.4 Å². The molecule has 2 fully saturated rings. The third-order valence-electron chi connectivity index (χ3n) is 9.60. The van der Waals surface area contributed by atoms with Crippen LogP contribution in [0.3, 0.4) is 0 Å². The number of amides is 4. The van der Waals surface area contributed by atoms with Crippen molar-refractivity contribution >= 4 is 46.3 Å². The normalized spacial score (nSPS) is 22.8. The van der Waals surface area contributed by atoms with Crippen molar-refractivity contribution in [3.05, 3.63) is 66.8 Å². The largest absolute Gasteiger partial charge is 0.490 e. The lowest BCUT2D eigenvalue weighted by Crippen LogP contribution is -2.37. The van der Waals surface area contributed by atoms with Crippen molar-refractivity contribution in [1.82, 2.24) is 19.8 Å². The molecule has 2 aromatic carbocycles. The number of nitrogens with two attached hydrogens (primary N) is 2. The minimum atomic E-state index is -1.87. The standard InChI is InChI=1S/2C19H16FN3O5S/c2*1-23-5-4-19(27,18(23)26)3-2-9-6-10-13(7-11(9)20)28-8-12(24)15-14(10)22-17(29-15)16(21)25/h2*6-7,12,24,27H,4-5,8H2,1H3,(H2,21,25)/t12-,19+;12-,19-/m10/s1. The molecule has 6 heterocycles. The lowest BCUT2D eigenvalue weighted by atomic mass is 10.0. The van der Waals surface area contributed by atoms with Gasteiger partial charge >= 0.3 is 0 Å². The number of aliphatic hydroxyl groups excluding tert-OH is 2. The fraction of sp³-hybridized carbons (Fsp3) is 0.316. The smallest absolute Gasteiger partial charge is 0.277 e. The van der Waals surface area contributed by atoms with Crippen LogP contribution in [0.25, 0.3) is 22.5 Å². The Hall–Kier alpha value is -6.00. The lowest BCUT2D eigenvalue weighted by molar-refractivity contribution is -0.138. The van der Waals surface area contributed by atoms with E-state index in [0.717, 1.165) is 34.8 Å². The summed E-state index contributed by atoms with van der Waals surface area (Å²) in [5, 5.41) is 41.4. The quantitative estimate of drug-likeness (QED) is 0.154. The molecule has 58 heavy (non-hydrogen) atoms. The van der Waals surface area contributed by atoms with Gasteiger partial charge in [-0.2, -0.15) is 0 Å². The first kappa shape index (κ1) is 40.2. The van der Waals surface area contributed by atoms with Gasteiger partial charge in [-0.1, -0.05) is 23.7 Å². The van der Waals surface area contributed by atoms with E-state index < -0.39 is 58.7 Å². The first-order chi connectivity index (χ1) is 27.4. The summed E-state index contributed by atoms with van der Waals surface area (Å²) < 4.78 is 40.1. The van der Waals surface area contributed by atoms with E-state index in [1.54, 1.807) is 14.1 Å². The number of halogens is 2. The second-order valence-corrected chi connectivity index (χ2v) is 15.7. The number of likely N-dealkylation sites (N-methyl/N-ethyl adjacent to an activating group) is 2. The number of carbonyl (C=O) groups excluding carboxylic acids is 4. The van der Waals surface area contributed by atoms with Crippen LogP contribution in [0.1, 0.15) is 65.5 Å². The lowest BCUT2D eigenvalue weighted by Gasteiger charge is -2.13. The van der Waals surface area contributed by atoms with Gasteiger partial charge in [0.2, 0.25) is 11.2 Å². The molecule has 0 spiro atoms. The molecule has 0 aliphatic carbocycles. The van der Waals surface area contributed by atoms with Crippen LogP contribution in [0, 0.1) is 35.3 Å². The molecule has 4 amide bonds. The summed E-state index contributed by atoms with van der Waals surface area (Å²) in [6.45, 7) is 0.401. The minimum absolute atomic E-state index is 0.00718. The fourth-order valence-electron chi connectivity index (χ4n) is 6.39. The molecule has 4 atom stereocenters. The van der Waals surface area contributed by atoms with E-state index in [1.165, 1.54) is 21.9 Å². The van der Waals surface area contributed by atoms with Crippen LogP contribution in [-0.2, 0) is 9.59 Å². The number of thiazole rings is 2. The zero-order chi connectivity index (χ0) is 41.8. The fourth-order valence-corrected chi connectivity index (χ4v) is 8.20. The molecule has 4 aliphatic rings. The maximum Gasteiger partial charge on any atom is 0.277 e. The number of primary amides is 2. The van der Waals surface area contributed by atoms with Crippen molar-refractivity contribution < 1.29 is 57.9 Å². The number of rotatable bonds is 2. The number of ether oxygens (including phenoxy) is 2. The van der Waals surface area contributed by atoms with Gasteiger partial charge in [0.05, 0.1) is 32.3 Å². The molecule has 2 aromatic heterocycles. The number of aromatic nitrogens is 2. The molecular formula is C38H32F2N6O10S2. The number of nitrogens with zero attached hydrogens (tertiary/aromatic N) is 4. The van der Waals surface area contributed by atoms with E-state index in [-0.39, 0.29) is 70.1 Å². The highest BCUT2D eigenvalue weighted by Crippen LogP contribution is 2.43. The second-order valence-electron chi connectivity index (χ2n) is 13.7. The molecule has 0 radical (unpaired) electrons. The van der Waals surface area contributed by atoms with Gasteiger partial charge in [-0.05, 0) is 12.1 Å². The molecule has 4 aromatic rings.